The minimum atomic E-state index is -0.456. The lowest BCUT2D eigenvalue weighted by Gasteiger charge is -2.13. The standard InChI is InChI=1S/C19H21NO5/c1-4-24-17-8-6-5-7-15(17)19(22)20-16-10-9-14(11-13(16)2)25-12-18(21)23-3/h5-11H,4,12H2,1-3H3,(H,20,22). The van der Waals surface area contributed by atoms with Gasteiger partial charge in [0, 0.05) is 5.69 Å². The molecule has 0 bridgehead atoms. The molecule has 132 valence electrons. The predicted octanol–water partition coefficient (Wildman–Crippen LogP) is 3.20. The van der Waals surface area contributed by atoms with Crippen molar-refractivity contribution in [3.8, 4) is 11.5 Å². The molecule has 25 heavy (non-hydrogen) atoms. The topological polar surface area (TPSA) is 73.9 Å². The number of nitrogens with one attached hydrogen (secondary N) is 1. The van der Waals surface area contributed by atoms with Gasteiger partial charge in [-0.25, -0.2) is 4.79 Å². The molecular weight excluding hydrogens is 322 g/mol. The van der Waals surface area contributed by atoms with E-state index in [1.165, 1.54) is 7.11 Å². The van der Waals surface area contributed by atoms with Crippen molar-refractivity contribution in [2.75, 3.05) is 25.6 Å². The highest BCUT2D eigenvalue weighted by molar-refractivity contribution is 6.06. The first-order valence-corrected chi connectivity index (χ1v) is 7.88. The zero-order chi connectivity index (χ0) is 18.2. The first-order chi connectivity index (χ1) is 12.0. The van der Waals surface area contributed by atoms with Gasteiger partial charge in [0.05, 0.1) is 19.3 Å². The smallest absolute Gasteiger partial charge is 0.343 e. The molecule has 0 aromatic heterocycles. The zero-order valence-electron chi connectivity index (χ0n) is 14.5. The van der Waals surface area contributed by atoms with Crippen molar-refractivity contribution in [1.29, 1.82) is 0 Å². The van der Waals surface area contributed by atoms with E-state index >= 15 is 0 Å². The Hall–Kier alpha value is -3.02. The Bertz CT molecular complexity index is 757. The number of methoxy groups -OCH3 is 1. The van der Waals surface area contributed by atoms with Gasteiger partial charge >= 0.3 is 5.97 Å². The molecule has 1 amide bonds. The van der Waals surface area contributed by atoms with Gasteiger partial charge in [-0.2, -0.15) is 0 Å². The quantitative estimate of drug-likeness (QED) is 0.782. The second kappa shape index (κ2) is 8.73. The molecule has 0 saturated heterocycles. The van der Waals surface area contributed by atoms with E-state index in [-0.39, 0.29) is 12.5 Å². The molecule has 0 aliphatic carbocycles. The van der Waals surface area contributed by atoms with E-state index < -0.39 is 5.97 Å². The lowest BCUT2D eigenvalue weighted by Crippen LogP contribution is -2.15. The number of carbonyl (C=O) groups excluding carboxylic acids is 2. The largest absolute Gasteiger partial charge is 0.493 e. The summed E-state index contributed by atoms with van der Waals surface area (Å²) < 4.78 is 15.3. The minimum Gasteiger partial charge on any atom is -0.493 e. The van der Waals surface area contributed by atoms with Gasteiger partial charge in [0.25, 0.3) is 5.91 Å². The van der Waals surface area contributed by atoms with E-state index in [1.807, 2.05) is 19.9 Å². The Labute approximate surface area is 146 Å². The molecule has 0 aliphatic heterocycles. The summed E-state index contributed by atoms with van der Waals surface area (Å²) in [6.45, 7) is 4.03. The summed E-state index contributed by atoms with van der Waals surface area (Å²) in [4.78, 5) is 23.6. The van der Waals surface area contributed by atoms with E-state index in [0.717, 1.165) is 5.56 Å². The molecule has 0 aliphatic rings. The number of aryl methyl sites for hydroxylation is 1. The van der Waals surface area contributed by atoms with Gasteiger partial charge < -0.3 is 19.5 Å². The summed E-state index contributed by atoms with van der Waals surface area (Å²) in [6.07, 6.45) is 0. The monoisotopic (exact) mass is 343 g/mol. The number of rotatable bonds is 7. The molecule has 0 heterocycles. The number of benzene rings is 2. The van der Waals surface area contributed by atoms with Gasteiger partial charge in [-0.05, 0) is 49.7 Å². The number of esters is 1. The molecular formula is C19H21NO5. The maximum absolute atomic E-state index is 12.5. The van der Waals surface area contributed by atoms with Gasteiger partial charge in [0.15, 0.2) is 6.61 Å². The van der Waals surface area contributed by atoms with Crippen molar-refractivity contribution in [2.24, 2.45) is 0 Å². The van der Waals surface area contributed by atoms with Gasteiger partial charge in [0.2, 0.25) is 0 Å². The third-order valence-corrected chi connectivity index (χ3v) is 3.46. The van der Waals surface area contributed by atoms with Crippen LogP contribution in [0.5, 0.6) is 11.5 Å². The third kappa shape index (κ3) is 4.97. The highest BCUT2D eigenvalue weighted by Gasteiger charge is 2.13. The Morgan fingerprint density at radius 2 is 1.84 bits per heavy atom. The molecule has 6 nitrogen and oxygen atoms in total. The van der Waals surface area contributed by atoms with E-state index in [1.54, 1.807) is 36.4 Å². The van der Waals surface area contributed by atoms with Crippen LogP contribution in [-0.2, 0) is 9.53 Å². The van der Waals surface area contributed by atoms with Gasteiger partial charge in [-0.1, -0.05) is 12.1 Å². The molecule has 6 heteroatoms. The normalized spacial score (nSPS) is 10.0. The molecule has 0 spiro atoms. The molecule has 0 atom stereocenters. The van der Waals surface area contributed by atoms with Crippen LogP contribution in [0.25, 0.3) is 0 Å². The minimum absolute atomic E-state index is 0.163. The van der Waals surface area contributed by atoms with Crippen molar-refractivity contribution < 1.29 is 23.8 Å². The van der Waals surface area contributed by atoms with Gasteiger partial charge in [0.1, 0.15) is 11.5 Å². The zero-order valence-corrected chi connectivity index (χ0v) is 14.5. The van der Waals surface area contributed by atoms with E-state index in [2.05, 4.69) is 10.1 Å². The van der Waals surface area contributed by atoms with Crippen molar-refractivity contribution in [3.63, 3.8) is 0 Å². The summed E-state index contributed by atoms with van der Waals surface area (Å²) in [5.41, 5.74) is 1.93. The Morgan fingerprint density at radius 1 is 1.08 bits per heavy atom. The number of hydrogen-bond acceptors (Lipinski definition) is 5. The fourth-order valence-electron chi connectivity index (χ4n) is 2.19. The van der Waals surface area contributed by atoms with Crippen LogP contribution in [0.2, 0.25) is 0 Å². The first-order valence-electron chi connectivity index (χ1n) is 7.88. The molecule has 2 aromatic carbocycles. The molecule has 0 unspecified atom stereocenters. The number of ether oxygens (including phenoxy) is 3. The number of hydrogen-bond donors (Lipinski definition) is 1. The van der Waals surface area contributed by atoms with Crippen LogP contribution in [0, 0.1) is 6.92 Å². The fourth-order valence-corrected chi connectivity index (χ4v) is 2.19. The number of amides is 1. The van der Waals surface area contributed by atoms with Gasteiger partial charge in [-0.3, -0.25) is 4.79 Å². The Kier molecular flexibility index (Phi) is 6.39. The predicted molar refractivity (Wildman–Crippen MR) is 94.3 cm³/mol. The lowest BCUT2D eigenvalue weighted by atomic mass is 10.1. The second-order valence-electron chi connectivity index (χ2n) is 5.22. The second-order valence-corrected chi connectivity index (χ2v) is 5.22. The number of carbonyl (C=O) groups is 2. The van der Waals surface area contributed by atoms with E-state index in [0.29, 0.717) is 29.4 Å². The summed E-state index contributed by atoms with van der Waals surface area (Å²) >= 11 is 0. The molecule has 2 aromatic rings. The maximum Gasteiger partial charge on any atom is 0.343 e. The summed E-state index contributed by atoms with van der Waals surface area (Å²) in [5, 5.41) is 2.86. The van der Waals surface area contributed by atoms with Gasteiger partial charge in [-0.15, -0.1) is 0 Å². The molecule has 2 rings (SSSR count). The van der Waals surface area contributed by atoms with Crippen LogP contribution in [0.1, 0.15) is 22.8 Å². The van der Waals surface area contributed by atoms with Crippen LogP contribution in [0.15, 0.2) is 42.5 Å². The summed E-state index contributed by atoms with van der Waals surface area (Å²) in [5.74, 6) is 0.353. The SMILES string of the molecule is CCOc1ccccc1C(=O)Nc1ccc(OCC(=O)OC)cc1C. The van der Waals surface area contributed by atoms with Crippen LogP contribution in [0.4, 0.5) is 5.69 Å². The summed E-state index contributed by atoms with van der Waals surface area (Å²) in [7, 11) is 1.30. The fraction of sp³-hybridized carbons (Fsp3) is 0.263. The Morgan fingerprint density at radius 3 is 2.52 bits per heavy atom. The average Bonchev–Trinajstić information content (AvgIpc) is 2.62. The Balaban J connectivity index is 2.10. The van der Waals surface area contributed by atoms with Crippen molar-refractivity contribution in [3.05, 3.63) is 53.6 Å². The van der Waals surface area contributed by atoms with Crippen molar-refractivity contribution >= 4 is 17.6 Å². The third-order valence-electron chi connectivity index (χ3n) is 3.46. The average molecular weight is 343 g/mol. The molecule has 1 N–H and O–H groups in total. The molecule has 0 fully saturated rings. The first kappa shape index (κ1) is 18.3. The van der Waals surface area contributed by atoms with Crippen LogP contribution in [-0.4, -0.2) is 32.2 Å². The number of anilines is 1. The van der Waals surface area contributed by atoms with E-state index in [4.69, 9.17) is 9.47 Å². The molecule has 0 saturated carbocycles. The molecule has 0 radical (unpaired) electrons. The highest BCUT2D eigenvalue weighted by Crippen LogP contribution is 2.24. The maximum atomic E-state index is 12.5. The van der Waals surface area contributed by atoms with Crippen LogP contribution >= 0.6 is 0 Å². The van der Waals surface area contributed by atoms with E-state index in [9.17, 15) is 9.59 Å². The summed E-state index contributed by atoms with van der Waals surface area (Å²) in [6, 6.07) is 12.2. The lowest BCUT2D eigenvalue weighted by molar-refractivity contribution is -0.142. The number of para-hydroxylation sites is 1. The van der Waals surface area contributed by atoms with Crippen LogP contribution < -0.4 is 14.8 Å². The van der Waals surface area contributed by atoms with Crippen molar-refractivity contribution in [1.82, 2.24) is 0 Å². The van der Waals surface area contributed by atoms with Crippen molar-refractivity contribution in [2.45, 2.75) is 13.8 Å². The van der Waals surface area contributed by atoms with Crippen LogP contribution in [0.3, 0.4) is 0 Å². The highest BCUT2D eigenvalue weighted by atomic mass is 16.6.